The summed E-state index contributed by atoms with van der Waals surface area (Å²) in [6, 6.07) is 8.49. The molecule has 2 aromatic rings. The van der Waals surface area contributed by atoms with E-state index >= 15 is 0 Å². The number of anilines is 1. The number of fused-ring (bicyclic) bond motifs is 1. The third kappa shape index (κ3) is 4.43. The molecule has 1 aliphatic heterocycles. The maximum absolute atomic E-state index is 11.2. The molecule has 1 aliphatic carbocycles. The smallest absolute Gasteiger partial charge is 0.217 e. The van der Waals surface area contributed by atoms with E-state index in [-0.39, 0.29) is 5.91 Å². The fourth-order valence-electron chi connectivity index (χ4n) is 4.53. The predicted molar refractivity (Wildman–Crippen MR) is 107 cm³/mol. The molecule has 6 heteroatoms. The highest BCUT2D eigenvalue weighted by Gasteiger charge is 2.24. The molecule has 0 radical (unpaired) electrons. The number of nitrogens with zero attached hydrogens (tertiary/aromatic N) is 3. The van der Waals surface area contributed by atoms with E-state index in [2.05, 4.69) is 26.3 Å². The summed E-state index contributed by atoms with van der Waals surface area (Å²) in [5.41, 5.74) is 0.866. The first-order valence-corrected chi connectivity index (χ1v) is 10.3. The van der Waals surface area contributed by atoms with Gasteiger partial charge in [0.25, 0.3) is 0 Å². The molecule has 0 spiro atoms. The lowest BCUT2D eigenvalue weighted by Gasteiger charge is -2.36. The molecule has 1 saturated heterocycles. The SMILES string of the molecule is CC(=O)N[C@H]1CC[C@H](CCN2CCN(c3noc4ccccc34)CC2)CC1. The van der Waals surface area contributed by atoms with Gasteiger partial charge in [0.1, 0.15) is 0 Å². The molecule has 2 heterocycles. The van der Waals surface area contributed by atoms with Crippen LogP contribution in [0.25, 0.3) is 11.0 Å². The minimum atomic E-state index is 0.108. The lowest BCUT2D eigenvalue weighted by Crippen LogP contribution is -2.47. The van der Waals surface area contributed by atoms with E-state index in [0.717, 1.165) is 61.7 Å². The Bertz CT molecular complexity index is 758. The average molecular weight is 370 g/mol. The van der Waals surface area contributed by atoms with Gasteiger partial charge in [-0.25, -0.2) is 0 Å². The molecule has 1 saturated carbocycles. The van der Waals surface area contributed by atoms with Crippen molar-refractivity contribution in [3.63, 3.8) is 0 Å². The Morgan fingerprint density at radius 3 is 2.63 bits per heavy atom. The summed E-state index contributed by atoms with van der Waals surface area (Å²) >= 11 is 0. The minimum Gasteiger partial charge on any atom is -0.354 e. The zero-order valence-electron chi connectivity index (χ0n) is 16.2. The molecule has 1 aromatic heterocycles. The summed E-state index contributed by atoms with van der Waals surface area (Å²) in [5, 5.41) is 8.48. The van der Waals surface area contributed by atoms with E-state index < -0.39 is 0 Å². The van der Waals surface area contributed by atoms with Gasteiger partial charge in [-0.05, 0) is 56.7 Å². The molecule has 0 unspecified atom stereocenters. The van der Waals surface area contributed by atoms with Crippen LogP contribution in [-0.2, 0) is 4.79 Å². The summed E-state index contributed by atoms with van der Waals surface area (Å²) < 4.78 is 5.46. The number of carbonyl (C=O) groups excluding carboxylic acids is 1. The molecule has 2 fully saturated rings. The molecule has 1 amide bonds. The van der Waals surface area contributed by atoms with Crippen molar-refractivity contribution in [2.24, 2.45) is 5.92 Å². The summed E-state index contributed by atoms with van der Waals surface area (Å²) in [5.74, 6) is 1.91. The molecule has 2 aliphatic rings. The molecule has 0 atom stereocenters. The third-order valence-corrected chi connectivity index (χ3v) is 6.14. The zero-order valence-corrected chi connectivity index (χ0v) is 16.2. The standard InChI is InChI=1S/C21H30N4O2/c1-16(26)22-18-8-6-17(7-9-18)10-11-24-12-14-25(15-13-24)21-19-4-2-3-5-20(19)27-23-21/h2-5,17-18H,6-15H2,1H3,(H,22,26)/t17-,18-. The molecule has 0 bridgehead atoms. The number of carbonyl (C=O) groups is 1. The summed E-state index contributed by atoms with van der Waals surface area (Å²) in [4.78, 5) is 16.1. The molecular formula is C21H30N4O2. The number of nitrogens with one attached hydrogen (secondary N) is 1. The molecule has 1 aromatic carbocycles. The number of amides is 1. The van der Waals surface area contributed by atoms with Gasteiger partial charge in [-0.15, -0.1) is 0 Å². The number of piperazine rings is 1. The number of aromatic nitrogens is 1. The monoisotopic (exact) mass is 370 g/mol. The lowest BCUT2D eigenvalue weighted by molar-refractivity contribution is -0.119. The predicted octanol–water partition coefficient (Wildman–Crippen LogP) is 3.03. The fourth-order valence-corrected chi connectivity index (χ4v) is 4.53. The lowest BCUT2D eigenvalue weighted by atomic mass is 9.84. The number of rotatable bonds is 5. The van der Waals surface area contributed by atoms with E-state index in [0.29, 0.717) is 6.04 Å². The van der Waals surface area contributed by atoms with Gasteiger partial charge < -0.3 is 14.7 Å². The van der Waals surface area contributed by atoms with Gasteiger partial charge in [-0.3, -0.25) is 9.69 Å². The largest absolute Gasteiger partial charge is 0.354 e. The maximum Gasteiger partial charge on any atom is 0.217 e. The Balaban J connectivity index is 1.21. The molecule has 4 rings (SSSR count). The van der Waals surface area contributed by atoms with Crippen molar-refractivity contribution in [3.8, 4) is 0 Å². The normalized spacial score (nSPS) is 24.3. The molecular weight excluding hydrogens is 340 g/mol. The third-order valence-electron chi connectivity index (χ3n) is 6.14. The van der Waals surface area contributed by atoms with Crippen molar-refractivity contribution in [1.29, 1.82) is 0 Å². The summed E-state index contributed by atoms with van der Waals surface area (Å²) in [7, 11) is 0. The van der Waals surface area contributed by atoms with Crippen LogP contribution in [0.15, 0.2) is 28.8 Å². The highest BCUT2D eigenvalue weighted by molar-refractivity contribution is 5.88. The molecule has 1 N–H and O–H groups in total. The van der Waals surface area contributed by atoms with Crippen molar-refractivity contribution < 1.29 is 9.32 Å². The van der Waals surface area contributed by atoms with Gasteiger partial charge in [0, 0.05) is 39.1 Å². The van der Waals surface area contributed by atoms with E-state index in [4.69, 9.17) is 4.52 Å². The van der Waals surface area contributed by atoms with Crippen LogP contribution in [0, 0.1) is 5.92 Å². The van der Waals surface area contributed by atoms with Crippen LogP contribution in [0.4, 0.5) is 5.82 Å². The van der Waals surface area contributed by atoms with Crippen LogP contribution in [0.5, 0.6) is 0 Å². The van der Waals surface area contributed by atoms with Crippen molar-refractivity contribution >= 4 is 22.7 Å². The van der Waals surface area contributed by atoms with E-state index in [1.807, 2.05) is 18.2 Å². The summed E-state index contributed by atoms with van der Waals surface area (Å²) in [6.45, 7) is 6.99. The minimum absolute atomic E-state index is 0.108. The first-order chi connectivity index (χ1) is 13.2. The molecule has 146 valence electrons. The van der Waals surface area contributed by atoms with Crippen LogP contribution in [0.2, 0.25) is 0 Å². The Labute approximate surface area is 160 Å². The quantitative estimate of drug-likeness (QED) is 0.877. The highest BCUT2D eigenvalue weighted by atomic mass is 16.5. The zero-order chi connectivity index (χ0) is 18.6. The Hall–Kier alpha value is -2.08. The Morgan fingerprint density at radius 1 is 1.15 bits per heavy atom. The second-order valence-electron chi connectivity index (χ2n) is 8.04. The van der Waals surface area contributed by atoms with Crippen molar-refractivity contribution in [2.75, 3.05) is 37.6 Å². The van der Waals surface area contributed by atoms with E-state index in [1.54, 1.807) is 6.92 Å². The van der Waals surface area contributed by atoms with E-state index in [1.165, 1.54) is 25.8 Å². The van der Waals surface area contributed by atoms with Crippen LogP contribution >= 0.6 is 0 Å². The Morgan fingerprint density at radius 2 is 1.89 bits per heavy atom. The van der Waals surface area contributed by atoms with Gasteiger partial charge >= 0.3 is 0 Å². The number of hydrogen-bond acceptors (Lipinski definition) is 5. The molecule has 27 heavy (non-hydrogen) atoms. The van der Waals surface area contributed by atoms with Crippen molar-refractivity contribution in [2.45, 2.75) is 45.1 Å². The number of para-hydroxylation sites is 1. The van der Waals surface area contributed by atoms with E-state index in [9.17, 15) is 4.79 Å². The second-order valence-corrected chi connectivity index (χ2v) is 8.04. The number of hydrogen-bond donors (Lipinski definition) is 1. The average Bonchev–Trinajstić information content (AvgIpc) is 3.12. The van der Waals surface area contributed by atoms with Crippen molar-refractivity contribution in [3.05, 3.63) is 24.3 Å². The topological polar surface area (TPSA) is 61.6 Å². The number of benzene rings is 1. The van der Waals surface area contributed by atoms with Crippen LogP contribution < -0.4 is 10.2 Å². The fraction of sp³-hybridized carbons (Fsp3) is 0.619. The van der Waals surface area contributed by atoms with Gasteiger partial charge in [0.2, 0.25) is 5.91 Å². The highest BCUT2D eigenvalue weighted by Crippen LogP contribution is 2.28. The second kappa shape index (κ2) is 8.30. The van der Waals surface area contributed by atoms with Crippen LogP contribution in [0.1, 0.15) is 39.0 Å². The Kier molecular flexibility index (Phi) is 5.62. The van der Waals surface area contributed by atoms with Crippen LogP contribution in [0.3, 0.4) is 0 Å². The van der Waals surface area contributed by atoms with Crippen molar-refractivity contribution in [1.82, 2.24) is 15.4 Å². The van der Waals surface area contributed by atoms with Crippen LogP contribution in [-0.4, -0.2) is 54.7 Å². The first kappa shape index (κ1) is 18.3. The van der Waals surface area contributed by atoms with Gasteiger partial charge in [-0.2, -0.15) is 0 Å². The van der Waals surface area contributed by atoms with Gasteiger partial charge in [-0.1, -0.05) is 17.3 Å². The first-order valence-electron chi connectivity index (χ1n) is 10.3. The maximum atomic E-state index is 11.2. The van der Waals surface area contributed by atoms with Gasteiger partial charge in [0.05, 0.1) is 5.39 Å². The molecule has 6 nitrogen and oxygen atoms in total. The summed E-state index contributed by atoms with van der Waals surface area (Å²) in [6.07, 6.45) is 6.04. The van der Waals surface area contributed by atoms with Gasteiger partial charge in [0.15, 0.2) is 11.4 Å².